The van der Waals surface area contributed by atoms with E-state index in [0.717, 1.165) is 17.3 Å². The SMILES string of the molecule is C[C@H]1CN=C(NCc2ccc(F)cc2)S1. The van der Waals surface area contributed by atoms with E-state index in [1.165, 1.54) is 12.1 Å². The lowest BCUT2D eigenvalue weighted by Crippen LogP contribution is -2.18. The number of nitrogens with one attached hydrogen (secondary N) is 1. The maximum Gasteiger partial charge on any atom is 0.157 e. The molecule has 0 saturated carbocycles. The minimum Gasteiger partial charge on any atom is -0.361 e. The van der Waals surface area contributed by atoms with Gasteiger partial charge in [-0.1, -0.05) is 30.8 Å². The highest BCUT2D eigenvalue weighted by Gasteiger charge is 2.13. The Balaban J connectivity index is 1.86. The van der Waals surface area contributed by atoms with Crippen molar-refractivity contribution in [2.24, 2.45) is 4.99 Å². The van der Waals surface area contributed by atoms with Crippen molar-refractivity contribution in [3.63, 3.8) is 0 Å². The van der Waals surface area contributed by atoms with Crippen molar-refractivity contribution >= 4 is 16.9 Å². The molecule has 2 nitrogen and oxygen atoms in total. The first-order valence-electron chi connectivity index (χ1n) is 4.93. The molecule has 80 valence electrons. The fraction of sp³-hybridized carbons (Fsp3) is 0.364. The largest absolute Gasteiger partial charge is 0.361 e. The van der Waals surface area contributed by atoms with Crippen molar-refractivity contribution in [2.45, 2.75) is 18.7 Å². The topological polar surface area (TPSA) is 24.4 Å². The van der Waals surface area contributed by atoms with Gasteiger partial charge in [-0.05, 0) is 17.7 Å². The van der Waals surface area contributed by atoms with Gasteiger partial charge in [0.2, 0.25) is 0 Å². The minimum atomic E-state index is -0.194. The molecule has 0 aliphatic carbocycles. The van der Waals surface area contributed by atoms with Gasteiger partial charge in [-0.2, -0.15) is 0 Å². The minimum absolute atomic E-state index is 0.194. The predicted octanol–water partition coefficient (Wildman–Crippen LogP) is 2.41. The summed E-state index contributed by atoms with van der Waals surface area (Å²) in [5.74, 6) is -0.194. The summed E-state index contributed by atoms with van der Waals surface area (Å²) in [6.07, 6.45) is 0. The summed E-state index contributed by atoms with van der Waals surface area (Å²) in [6, 6.07) is 6.52. The third-order valence-electron chi connectivity index (χ3n) is 2.16. The summed E-state index contributed by atoms with van der Waals surface area (Å²) in [6.45, 7) is 3.75. The Morgan fingerprint density at radius 2 is 2.20 bits per heavy atom. The van der Waals surface area contributed by atoms with Gasteiger partial charge in [-0.3, -0.25) is 4.99 Å². The molecule has 0 amide bonds. The highest BCUT2D eigenvalue weighted by atomic mass is 32.2. The van der Waals surface area contributed by atoms with Crippen LogP contribution >= 0.6 is 11.8 Å². The van der Waals surface area contributed by atoms with Crippen molar-refractivity contribution in [1.82, 2.24) is 5.32 Å². The van der Waals surface area contributed by atoms with Gasteiger partial charge >= 0.3 is 0 Å². The van der Waals surface area contributed by atoms with E-state index in [9.17, 15) is 4.39 Å². The fourth-order valence-corrected chi connectivity index (χ4v) is 2.19. The van der Waals surface area contributed by atoms with E-state index in [1.54, 1.807) is 23.9 Å². The van der Waals surface area contributed by atoms with E-state index in [4.69, 9.17) is 0 Å². The molecule has 1 heterocycles. The zero-order chi connectivity index (χ0) is 10.7. The first-order valence-corrected chi connectivity index (χ1v) is 5.81. The van der Waals surface area contributed by atoms with Crippen LogP contribution in [-0.2, 0) is 6.54 Å². The van der Waals surface area contributed by atoms with Crippen molar-refractivity contribution in [1.29, 1.82) is 0 Å². The maximum absolute atomic E-state index is 12.6. The smallest absolute Gasteiger partial charge is 0.157 e. The molecule has 15 heavy (non-hydrogen) atoms. The lowest BCUT2D eigenvalue weighted by molar-refractivity contribution is 0.627. The third-order valence-corrected chi connectivity index (χ3v) is 3.21. The van der Waals surface area contributed by atoms with Crippen LogP contribution in [0.5, 0.6) is 0 Å². The van der Waals surface area contributed by atoms with E-state index in [2.05, 4.69) is 17.2 Å². The Bertz CT molecular complexity index is 361. The Labute approximate surface area is 93.0 Å². The van der Waals surface area contributed by atoms with Crippen LogP contribution in [0, 0.1) is 5.82 Å². The van der Waals surface area contributed by atoms with Crippen molar-refractivity contribution in [3.05, 3.63) is 35.6 Å². The van der Waals surface area contributed by atoms with Crippen LogP contribution in [0.25, 0.3) is 0 Å². The molecule has 0 radical (unpaired) electrons. The summed E-state index contributed by atoms with van der Waals surface area (Å²) in [5, 5.41) is 4.80. The number of nitrogens with zero attached hydrogens (tertiary/aromatic N) is 1. The van der Waals surface area contributed by atoms with Gasteiger partial charge in [-0.25, -0.2) is 4.39 Å². The lowest BCUT2D eigenvalue weighted by Gasteiger charge is -2.05. The highest BCUT2D eigenvalue weighted by Crippen LogP contribution is 2.18. The predicted molar refractivity (Wildman–Crippen MR) is 62.6 cm³/mol. The van der Waals surface area contributed by atoms with Gasteiger partial charge in [-0.15, -0.1) is 0 Å². The lowest BCUT2D eigenvalue weighted by atomic mass is 10.2. The summed E-state index contributed by atoms with van der Waals surface area (Å²) in [5.41, 5.74) is 1.07. The number of aliphatic imine (C=N–C) groups is 1. The van der Waals surface area contributed by atoms with E-state index in [1.807, 2.05) is 0 Å². The van der Waals surface area contributed by atoms with Gasteiger partial charge in [0.05, 0.1) is 6.54 Å². The molecule has 1 aromatic carbocycles. The Morgan fingerprint density at radius 3 is 2.80 bits per heavy atom. The molecule has 1 N–H and O–H groups in total. The monoisotopic (exact) mass is 224 g/mol. The molecular formula is C11H13FN2S. The molecule has 2 rings (SSSR count). The molecule has 0 spiro atoms. The van der Waals surface area contributed by atoms with Gasteiger partial charge in [0.15, 0.2) is 5.17 Å². The molecule has 0 bridgehead atoms. The van der Waals surface area contributed by atoms with Gasteiger partial charge in [0.25, 0.3) is 0 Å². The summed E-state index contributed by atoms with van der Waals surface area (Å²) in [4.78, 5) is 4.34. The van der Waals surface area contributed by atoms with E-state index >= 15 is 0 Å². The first kappa shape index (κ1) is 10.5. The zero-order valence-electron chi connectivity index (χ0n) is 8.53. The second-order valence-corrected chi connectivity index (χ2v) is 4.98. The number of thioether (sulfide) groups is 1. The molecule has 1 aliphatic rings. The van der Waals surface area contributed by atoms with Gasteiger partial charge < -0.3 is 5.32 Å². The fourth-order valence-electron chi connectivity index (χ4n) is 1.35. The average Bonchev–Trinajstić information content (AvgIpc) is 2.64. The highest BCUT2D eigenvalue weighted by molar-refractivity contribution is 8.14. The second-order valence-electron chi connectivity index (χ2n) is 3.55. The van der Waals surface area contributed by atoms with Crippen LogP contribution in [-0.4, -0.2) is 17.0 Å². The first-order chi connectivity index (χ1) is 7.24. The molecule has 4 heteroatoms. The molecular weight excluding hydrogens is 211 g/mol. The molecule has 1 aliphatic heterocycles. The average molecular weight is 224 g/mol. The number of hydrogen-bond acceptors (Lipinski definition) is 3. The molecule has 0 saturated heterocycles. The Kier molecular flexibility index (Phi) is 3.26. The van der Waals surface area contributed by atoms with Crippen LogP contribution in [0.3, 0.4) is 0 Å². The molecule has 0 unspecified atom stereocenters. The van der Waals surface area contributed by atoms with Crippen molar-refractivity contribution < 1.29 is 4.39 Å². The quantitative estimate of drug-likeness (QED) is 0.834. The van der Waals surface area contributed by atoms with Crippen LogP contribution < -0.4 is 5.32 Å². The van der Waals surface area contributed by atoms with Crippen molar-refractivity contribution in [3.8, 4) is 0 Å². The standard InChI is InChI=1S/C11H13FN2S/c1-8-6-13-11(15-8)14-7-9-2-4-10(12)5-3-9/h2-5,8H,6-7H2,1H3,(H,13,14)/t8-/m0/s1. The molecule has 0 fully saturated rings. The third kappa shape index (κ3) is 2.96. The zero-order valence-corrected chi connectivity index (χ0v) is 9.35. The van der Waals surface area contributed by atoms with Crippen molar-refractivity contribution in [2.75, 3.05) is 6.54 Å². The number of rotatable bonds is 2. The number of amidine groups is 1. The van der Waals surface area contributed by atoms with E-state index in [-0.39, 0.29) is 5.82 Å². The number of hydrogen-bond donors (Lipinski definition) is 1. The van der Waals surface area contributed by atoms with Crippen LogP contribution in [0.2, 0.25) is 0 Å². The van der Waals surface area contributed by atoms with Gasteiger partial charge in [0.1, 0.15) is 5.82 Å². The normalized spacial score (nSPS) is 20.1. The summed E-state index contributed by atoms with van der Waals surface area (Å²) < 4.78 is 12.6. The number of halogens is 1. The van der Waals surface area contributed by atoms with E-state index < -0.39 is 0 Å². The second kappa shape index (κ2) is 4.66. The molecule has 1 atom stereocenters. The summed E-state index contributed by atoms with van der Waals surface area (Å²) >= 11 is 1.75. The summed E-state index contributed by atoms with van der Waals surface area (Å²) in [7, 11) is 0. The Morgan fingerprint density at radius 1 is 1.47 bits per heavy atom. The Hall–Kier alpha value is -1.03. The van der Waals surface area contributed by atoms with Crippen LogP contribution in [0.1, 0.15) is 12.5 Å². The maximum atomic E-state index is 12.6. The van der Waals surface area contributed by atoms with Gasteiger partial charge in [0, 0.05) is 11.8 Å². The number of benzene rings is 1. The van der Waals surface area contributed by atoms with Crippen LogP contribution in [0.15, 0.2) is 29.3 Å². The molecule has 1 aromatic rings. The molecule has 0 aromatic heterocycles. The van der Waals surface area contributed by atoms with E-state index in [0.29, 0.717) is 11.8 Å². The van der Waals surface area contributed by atoms with Crippen LogP contribution in [0.4, 0.5) is 4.39 Å².